The molecule has 0 spiro atoms. The van der Waals surface area contributed by atoms with Crippen molar-refractivity contribution < 1.29 is 13.2 Å². The van der Waals surface area contributed by atoms with Gasteiger partial charge >= 0.3 is 6.18 Å². The number of allylic oxidation sites excluding steroid dienone is 11. The monoisotopic (exact) mass is 352 g/mol. The maximum atomic E-state index is 13.8. The highest BCUT2D eigenvalue weighted by Gasteiger charge is 2.37. The molecule has 0 aliphatic carbocycles. The standard InChI is InChI=1S/C22H31F3/c1-8-12-17(6)20(15-14-16(5)10-3)19(11-4)21(22(23,24)25)18(7)13-9-2/h9,12-15H,2,8,10-11H2,1,3-7H3/b16-14-,17-12-,18-13-,20-15+,21-19-. The number of alkyl halides is 3. The van der Waals surface area contributed by atoms with Crippen LogP contribution in [0.3, 0.4) is 0 Å². The van der Waals surface area contributed by atoms with Crippen LogP contribution in [-0.2, 0) is 0 Å². The Morgan fingerprint density at radius 2 is 1.48 bits per heavy atom. The third-order valence-corrected chi connectivity index (χ3v) is 4.05. The molecule has 0 fully saturated rings. The highest BCUT2D eigenvalue weighted by molar-refractivity contribution is 5.55. The molecule has 0 rings (SSSR count). The first-order chi connectivity index (χ1) is 11.6. The Morgan fingerprint density at radius 1 is 0.880 bits per heavy atom. The summed E-state index contributed by atoms with van der Waals surface area (Å²) in [4.78, 5) is 0. The molecule has 0 amide bonds. The minimum atomic E-state index is -4.41. The third kappa shape index (κ3) is 7.33. The summed E-state index contributed by atoms with van der Waals surface area (Å²) in [5.41, 5.74) is 2.60. The Morgan fingerprint density at radius 3 is 1.88 bits per heavy atom. The Hall–Kier alpha value is -1.77. The first kappa shape index (κ1) is 23.2. The Labute approximate surface area is 151 Å². The van der Waals surface area contributed by atoms with Gasteiger partial charge in [0.25, 0.3) is 0 Å². The quantitative estimate of drug-likeness (QED) is 0.388. The van der Waals surface area contributed by atoms with E-state index in [1.54, 1.807) is 6.92 Å². The van der Waals surface area contributed by atoms with Gasteiger partial charge in [0.2, 0.25) is 0 Å². The second kappa shape index (κ2) is 11.0. The van der Waals surface area contributed by atoms with E-state index in [-0.39, 0.29) is 5.57 Å². The van der Waals surface area contributed by atoms with E-state index in [9.17, 15) is 13.2 Å². The maximum Gasteiger partial charge on any atom is 0.416 e. The molecule has 3 heteroatoms. The van der Waals surface area contributed by atoms with Crippen LogP contribution in [0.1, 0.15) is 60.8 Å². The van der Waals surface area contributed by atoms with E-state index in [0.717, 1.165) is 24.0 Å². The molecule has 0 heterocycles. The van der Waals surface area contributed by atoms with Gasteiger partial charge in [-0.2, -0.15) is 13.2 Å². The van der Waals surface area contributed by atoms with Crippen LogP contribution in [0.15, 0.2) is 70.4 Å². The van der Waals surface area contributed by atoms with E-state index in [1.165, 1.54) is 19.1 Å². The van der Waals surface area contributed by atoms with Crippen LogP contribution >= 0.6 is 0 Å². The second-order valence-corrected chi connectivity index (χ2v) is 6.03. The molecule has 0 radical (unpaired) electrons. The normalized spacial score (nSPS) is 16.0. The third-order valence-electron chi connectivity index (χ3n) is 4.05. The molecule has 0 saturated carbocycles. The molecule has 140 valence electrons. The summed E-state index contributed by atoms with van der Waals surface area (Å²) in [6.45, 7) is 14.7. The highest BCUT2D eigenvalue weighted by Crippen LogP contribution is 2.39. The minimum absolute atomic E-state index is 0.186. The fraction of sp³-hybridized carbons (Fsp3) is 0.455. The maximum absolute atomic E-state index is 13.8. The molecule has 0 nitrogen and oxygen atoms in total. The van der Waals surface area contributed by atoms with Gasteiger partial charge in [0.15, 0.2) is 0 Å². The van der Waals surface area contributed by atoms with Crippen LogP contribution in [0.25, 0.3) is 0 Å². The number of hydrogen-bond donors (Lipinski definition) is 0. The summed E-state index contributed by atoms with van der Waals surface area (Å²) in [7, 11) is 0. The molecule has 0 aliphatic heterocycles. The number of halogens is 3. The van der Waals surface area contributed by atoms with Crippen molar-refractivity contribution in [2.45, 2.75) is 67.0 Å². The smallest absolute Gasteiger partial charge is 0.166 e. The minimum Gasteiger partial charge on any atom is -0.166 e. The van der Waals surface area contributed by atoms with Crippen molar-refractivity contribution in [2.75, 3.05) is 0 Å². The van der Waals surface area contributed by atoms with Crippen molar-refractivity contribution in [1.82, 2.24) is 0 Å². The molecule has 0 aromatic rings. The van der Waals surface area contributed by atoms with Gasteiger partial charge in [-0.25, -0.2) is 0 Å². The predicted molar refractivity (Wildman–Crippen MR) is 104 cm³/mol. The van der Waals surface area contributed by atoms with E-state index in [1.807, 2.05) is 45.9 Å². The van der Waals surface area contributed by atoms with Gasteiger partial charge in [-0.15, -0.1) is 0 Å². The summed E-state index contributed by atoms with van der Waals surface area (Å²) in [5, 5.41) is 0. The van der Waals surface area contributed by atoms with E-state index in [4.69, 9.17) is 0 Å². The molecule has 0 N–H and O–H groups in total. The van der Waals surface area contributed by atoms with Crippen molar-refractivity contribution in [2.24, 2.45) is 0 Å². The zero-order chi connectivity index (χ0) is 19.6. The van der Waals surface area contributed by atoms with Crippen molar-refractivity contribution in [3.05, 3.63) is 70.4 Å². The van der Waals surface area contributed by atoms with Gasteiger partial charge in [-0.3, -0.25) is 0 Å². The van der Waals surface area contributed by atoms with Gasteiger partial charge in [0.05, 0.1) is 5.57 Å². The topological polar surface area (TPSA) is 0 Å². The lowest BCUT2D eigenvalue weighted by atomic mass is 9.88. The van der Waals surface area contributed by atoms with Crippen LogP contribution in [0, 0.1) is 0 Å². The SMILES string of the molecule is C=C\C=C(C)/C(=C(CC)/C(=C/C=C(/C)CC)C(/C)=C\CC)C(F)(F)F. The summed E-state index contributed by atoms with van der Waals surface area (Å²) >= 11 is 0. The van der Waals surface area contributed by atoms with Gasteiger partial charge in [0, 0.05) is 0 Å². The summed E-state index contributed by atoms with van der Waals surface area (Å²) in [6, 6.07) is 0. The fourth-order valence-corrected chi connectivity index (χ4v) is 2.62. The zero-order valence-corrected chi connectivity index (χ0v) is 16.3. The first-order valence-corrected chi connectivity index (χ1v) is 8.78. The Bertz CT molecular complexity index is 606. The van der Waals surface area contributed by atoms with Crippen LogP contribution in [-0.4, -0.2) is 6.18 Å². The molecular formula is C22H31F3. The van der Waals surface area contributed by atoms with E-state index >= 15 is 0 Å². The van der Waals surface area contributed by atoms with E-state index in [0.29, 0.717) is 17.6 Å². The van der Waals surface area contributed by atoms with Crippen molar-refractivity contribution in [3.63, 3.8) is 0 Å². The molecule has 25 heavy (non-hydrogen) atoms. The Kier molecular flexibility index (Phi) is 10.2. The zero-order valence-electron chi connectivity index (χ0n) is 16.3. The molecule has 0 atom stereocenters. The predicted octanol–water partition coefficient (Wildman–Crippen LogP) is 8.03. The molecule has 0 aromatic carbocycles. The fourth-order valence-electron chi connectivity index (χ4n) is 2.62. The molecule has 0 unspecified atom stereocenters. The summed E-state index contributed by atoms with van der Waals surface area (Å²) in [5.74, 6) is 0. The van der Waals surface area contributed by atoms with Crippen LogP contribution in [0.2, 0.25) is 0 Å². The molecule has 0 bridgehead atoms. The van der Waals surface area contributed by atoms with Gasteiger partial charge < -0.3 is 0 Å². The average molecular weight is 352 g/mol. The van der Waals surface area contributed by atoms with Crippen molar-refractivity contribution in [1.29, 1.82) is 0 Å². The number of rotatable bonds is 8. The number of hydrogen-bond acceptors (Lipinski definition) is 0. The summed E-state index contributed by atoms with van der Waals surface area (Å²) < 4.78 is 41.4. The van der Waals surface area contributed by atoms with E-state index < -0.39 is 11.7 Å². The van der Waals surface area contributed by atoms with Crippen molar-refractivity contribution in [3.8, 4) is 0 Å². The van der Waals surface area contributed by atoms with Crippen LogP contribution in [0.4, 0.5) is 13.2 Å². The first-order valence-electron chi connectivity index (χ1n) is 8.78. The largest absolute Gasteiger partial charge is 0.416 e. The molecular weight excluding hydrogens is 321 g/mol. The molecule has 0 aliphatic rings. The van der Waals surface area contributed by atoms with Crippen molar-refractivity contribution >= 4 is 0 Å². The molecule has 0 saturated heterocycles. The lowest BCUT2D eigenvalue weighted by molar-refractivity contribution is -0.0900. The average Bonchev–Trinajstić information content (AvgIpc) is 2.52. The lowest BCUT2D eigenvalue weighted by Gasteiger charge is -2.21. The van der Waals surface area contributed by atoms with Crippen LogP contribution in [0.5, 0.6) is 0 Å². The second-order valence-electron chi connectivity index (χ2n) is 6.03. The van der Waals surface area contributed by atoms with Gasteiger partial charge in [-0.1, -0.05) is 63.3 Å². The van der Waals surface area contributed by atoms with Crippen LogP contribution < -0.4 is 0 Å². The highest BCUT2D eigenvalue weighted by atomic mass is 19.4. The van der Waals surface area contributed by atoms with Gasteiger partial charge in [0.1, 0.15) is 0 Å². The summed E-state index contributed by atoms with van der Waals surface area (Å²) in [6.07, 6.45) is 6.06. The molecule has 0 aromatic heterocycles. The lowest BCUT2D eigenvalue weighted by Crippen LogP contribution is -2.17. The van der Waals surface area contributed by atoms with E-state index in [2.05, 4.69) is 6.58 Å². The van der Waals surface area contributed by atoms with Gasteiger partial charge in [-0.05, 0) is 62.3 Å². The Balaban J connectivity index is 6.80.